The first-order valence-corrected chi connectivity index (χ1v) is 5.98. The highest BCUT2D eigenvalue weighted by Gasteiger charge is 2.18. The van der Waals surface area contributed by atoms with Gasteiger partial charge in [0.2, 0.25) is 0 Å². The summed E-state index contributed by atoms with van der Waals surface area (Å²) in [6.07, 6.45) is 1.65. The molecule has 1 amide bonds. The van der Waals surface area contributed by atoms with E-state index in [2.05, 4.69) is 24.2 Å². The van der Waals surface area contributed by atoms with E-state index in [1.165, 1.54) is 0 Å². The maximum absolute atomic E-state index is 12.1. The Morgan fingerprint density at radius 2 is 2.29 bits per heavy atom. The lowest BCUT2D eigenvalue weighted by Crippen LogP contribution is -2.34. The topological polar surface area (TPSA) is 77.0 Å². The Bertz CT molecular complexity index is 360. The van der Waals surface area contributed by atoms with Crippen molar-refractivity contribution in [2.45, 2.75) is 27.3 Å². The third kappa shape index (κ3) is 3.81. The van der Waals surface area contributed by atoms with Gasteiger partial charge in [-0.15, -0.1) is 5.10 Å². The van der Waals surface area contributed by atoms with Crippen molar-refractivity contribution in [3.8, 4) is 0 Å². The van der Waals surface area contributed by atoms with Gasteiger partial charge in [-0.2, -0.15) is 0 Å². The molecule has 6 heteroatoms. The van der Waals surface area contributed by atoms with E-state index in [1.54, 1.807) is 15.8 Å². The Morgan fingerprint density at radius 1 is 1.59 bits per heavy atom. The van der Waals surface area contributed by atoms with Crippen LogP contribution in [0.25, 0.3) is 0 Å². The zero-order valence-corrected chi connectivity index (χ0v) is 10.8. The minimum absolute atomic E-state index is 0.0653. The van der Waals surface area contributed by atoms with Crippen molar-refractivity contribution in [3.63, 3.8) is 0 Å². The van der Waals surface area contributed by atoms with Crippen molar-refractivity contribution in [2.24, 2.45) is 11.7 Å². The van der Waals surface area contributed by atoms with Gasteiger partial charge in [0.1, 0.15) is 0 Å². The van der Waals surface area contributed by atoms with Crippen LogP contribution in [0, 0.1) is 5.92 Å². The predicted octanol–water partition coefficient (Wildman–Crippen LogP) is 0.355. The highest BCUT2D eigenvalue weighted by atomic mass is 16.2. The molecule has 0 aromatic carbocycles. The second-order valence-corrected chi connectivity index (χ2v) is 4.39. The predicted molar refractivity (Wildman–Crippen MR) is 65.5 cm³/mol. The minimum Gasteiger partial charge on any atom is -0.337 e. The Balaban J connectivity index is 2.71. The minimum atomic E-state index is -0.0653. The van der Waals surface area contributed by atoms with Crippen LogP contribution in [0.4, 0.5) is 0 Å². The van der Waals surface area contributed by atoms with Crippen LogP contribution < -0.4 is 5.73 Å². The first kappa shape index (κ1) is 13.6. The SMILES string of the molecule is CCN(CC(C)C)C(=O)c1cn(CCN)nn1. The number of aromatic nitrogens is 3. The summed E-state index contributed by atoms with van der Waals surface area (Å²) >= 11 is 0. The van der Waals surface area contributed by atoms with Crippen molar-refractivity contribution in [2.75, 3.05) is 19.6 Å². The number of carbonyl (C=O) groups is 1. The number of rotatable bonds is 6. The van der Waals surface area contributed by atoms with Crippen molar-refractivity contribution in [3.05, 3.63) is 11.9 Å². The molecule has 1 heterocycles. The van der Waals surface area contributed by atoms with E-state index in [0.717, 1.165) is 6.54 Å². The summed E-state index contributed by atoms with van der Waals surface area (Å²) in [5.41, 5.74) is 5.80. The Hall–Kier alpha value is -1.43. The Morgan fingerprint density at radius 3 is 2.82 bits per heavy atom. The van der Waals surface area contributed by atoms with Crippen molar-refractivity contribution in [1.29, 1.82) is 0 Å². The quantitative estimate of drug-likeness (QED) is 0.777. The molecule has 96 valence electrons. The summed E-state index contributed by atoms with van der Waals surface area (Å²) in [5.74, 6) is 0.377. The van der Waals surface area contributed by atoms with E-state index in [1.807, 2.05) is 6.92 Å². The fourth-order valence-corrected chi connectivity index (χ4v) is 1.60. The normalized spacial score (nSPS) is 10.9. The molecule has 6 nitrogen and oxygen atoms in total. The molecule has 0 bridgehead atoms. The van der Waals surface area contributed by atoms with Gasteiger partial charge >= 0.3 is 0 Å². The van der Waals surface area contributed by atoms with E-state index in [-0.39, 0.29) is 5.91 Å². The van der Waals surface area contributed by atoms with Gasteiger partial charge in [0.15, 0.2) is 5.69 Å². The number of nitrogens with zero attached hydrogens (tertiary/aromatic N) is 4. The van der Waals surface area contributed by atoms with Crippen LogP contribution in [0.5, 0.6) is 0 Å². The summed E-state index contributed by atoms with van der Waals surface area (Å²) in [7, 11) is 0. The molecule has 0 aliphatic rings. The van der Waals surface area contributed by atoms with Gasteiger partial charge in [-0.3, -0.25) is 9.48 Å². The molecule has 17 heavy (non-hydrogen) atoms. The molecule has 1 rings (SSSR count). The fourth-order valence-electron chi connectivity index (χ4n) is 1.60. The van der Waals surface area contributed by atoms with Crippen LogP contribution in [0.3, 0.4) is 0 Å². The summed E-state index contributed by atoms with van der Waals surface area (Å²) in [4.78, 5) is 13.9. The molecule has 1 aromatic heterocycles. The van der Waals surface area contributed by atoms with Crippen LogP contribution in [0.15, 0.2) is 6.20 Å². The van der Waals surface area contributed by atoms with Crippen LogP contribution in [-0.4, -0.2) is 45.4 Å². The third-order valence-corrected chi connectivity index (χ3v) is 2.37. The largest absolute Gasteiger partial charge is 0.337 e. The fraction of sp³-hybridized carbons (Fsp3) is 0.727. The van der Waals surface area contributed by atoms with Crippen LogP contribution >= 0.6 is 0 Å². The van der Waals surface area contributed by atoms with E-state index in [4.69, 9.17) is 5.73 Å². The summed E-state index contributed by atoms with van der Waals surface area (Å²) < 4.78 is 1.59. The summed E-state index contributed by atoms with van der Waals surface area (Å²) in [5, 5.41) is 7.74. The van der Waals surface area contributed by atoms with Gasteiger partial charge in [-0.05, 0) is 12.8 Å². The number of hydrogen-bond donors (Lipinski definition) is 1. The molecular weight excluding hydrogens is 218 g/mol. The molecule has 0 saturated heterocycles. The van der Waals surface area contributed by atoms with Crippen LogP contribution in [-0.2, 0) is 6.54 Å². The molecule has 0 unspecified atom stereocenters. The van der Waals surface area contributed by atoms with Crippen LogP contribution in [0.1, 0.15) is 31.3 Å². The molecule has 0 aliphatic carbocycles. The van der Waals surface area contributed by atoms with Gasteiger partial charge in [-0.25, -0.2) is 0 Å². The third-order valence-electron chi connectivity index (χ3n) is 2.37. The van der Waals surface area contributed by atoms with Gasteiger partial charge in [0, 0.05) is 19.6 Å². The maximum Gasteiger partial charge on any atom is 0.276 e. The lowest BCUT2D eigenvalue weighted by molar-refractivity contribution is 0.0739. The van der Waals surface area contributed by atoms with Crippen LogP contribution in [0.2, 0.25) is 0 Å². The van der Waals surface area contributed by atoms with E-state index in [0.29, 0.717) is 31.2 Å². The van der Waals surface area contributed by atoms with E-state index in [9.17, 15) is 4.79 Å². The number of nitrogens with two attached hydrogens (primary N) is 1. The molecule has 0 aliphatic heterocycles. The average Bonchev–Trinajstić information content (AvgIpc) is 2.74. The number of hydrogen-bond acceptors (Lipinski definition) is 4. The monoisotopic (exact) mass is 239 g/mol. The molecule has 0 radical (unpaired) electrons. The zero-order valence-electron chi connectivity index (χ0n) is 10.8. The summed E-state index contributed by atoms with van der Waals surface area (Å²) in [6, 6.07) is 0. The number of carbonyl (C=O) groups excluding carboxylic acids is 1. The molecular formula is C11H21N5O. The lowest BCUT2D eigenvalue weighted by atomic mass is 10.2. The molecule has 0 spiro atoms. The van der Waals surface area contributed by atoms with Crippen molar-refractivity contribution < 1.29 is 4.79 Å². The Kier molecular flexibility index (Phi) is 5.09. The second kappa shape index (κ2) is 6.34. The van der Waals surface area contributed by atoms with E-state index >= 15 is 0 Å². The second-order valence-electron chi connectivity index (χ2n) is 4.39. The van der Waals surface area contributed by atoms with Gasteiger partial charge in [0.05, 0.1) is 12.7 Å². The molecule has 0 atom stereocenters. The standard InChI is InChI=1S/C11H21N5O/c1-4-15(7-9(2)3)11(17)10-8-16(6-5-12)14-13-10/h8-9H,4-7,12H2,1-3H3. The van der Waals surface area contributed by atoms with Crippen molar-refractivity contribution >= 4 is 5.91 Å². The highest BCUT2D eigenvalue weighted by Crippen LogP contribution is 2.04. The Labute approximate surface area is 102 Å². The van der Waals surface area contributed by atoms with Gasteiger partial charge < -0.3 is 10.6 Å². The van der Waals surface area contributed by atoms with Gasteiger partial charge in [0.25, 0.3) is 5.91 Å². The average molecular weight is 239 g/mol. The molecule has 2 N–H and O–H groups in total. The number of amides is 1. The zero-order chi connectivity index (χ0) is 12.8. The van der Waals surface area contributed by atoms with E-state index < -0.39 is 0 Å². The smallest absolute Gasteiger partial charge is 0.276 e. The van der Waals surface area contributed by atoms with Gasteiger partial charge in [-0.1, -0.05) is 19.1 Å². The first-order valence-electron chi connectivity index (χ1n) is 5.98. The first-order chi connectivity index (χ1) is 8.08. The lowest BCUT2D eigenvalue weighted by Gasteiger charge is -2.21. The molecule has 1 aromatic rings. The maximum atomic E-state index is 12.1. The highest BCUT2D eigenvalue weighted by molar-refractivity contribution is 5.91. The molecule has 0 fully saturated rings. The molecule has 0 saturated carbocycles. The van der Waals surface area contributed by atoms with Crippen molar-refractivity contribution in [1.82, 2.24) is 19.9 Å². The summed E-state index contributed by atoms with van der Waals surface area (Å²) in [6.45, 7) is 8.61.